The average molecular weight is 549 g/mol. The third-order valence-corrected chi connectivity index (χ3v) is 6.96. The van der Waals surface area contributed by atoms with Crippen LogP contribution in [0.3, 0.4) is 0 Å². The average Bonchev–Trinajstić information content (AvgIpc) is 3.34. The number of carboxylic acid groups (broad SMARTS) is 2. The third kappa shape index (κ3) is 8.07. The number of carbonyl (C=O) groups excluding carboxylic acids is 1. The fraction of sp³-hybridized carbons (Fsp3) is 0.500. The van der Waals surface area contributed by atoms with Gasteiger partial charge in [-0.1, -0.05) is 12.8 Å². The Morgan fingerprint density at radius 3 is 2.29 bits per heavy atom. The van der Waals surface area contributed by atoms with E-state index < -0.39 is 6.16 Å². The van der Waals surface area contributed by atoms with Crippen molar-refractivity contribution in [2.45, 2.75) is 50.6 Å². The largest absolute Gasteiger partial charge is 0.503 e. The fourth-order valence-corrected chi connectivity index (χ4v) is 4.67. The van der Waals surface area contributed by atoms with Gasteiger partial charge in [-0.3, -0.25) is 4.79 Å². The van der Waals surface area contributed by atoms with Gasteiger partial charge in [-0.2, -0.15) is 4.98 Å². The molecule has 4 N–H and O–H groups in total. The molecule has 1 amide bonds. The zero-order chi connectivity index (χ0) is 25.4. The highest BCUT2D eigenvalue weighted by molar-refractivity contribution is 9.10. The second-order valence-electron chi connectivity index (χ2n) is 8.95. The van der Waals surface area contributed by atoms with Crippen LogP contribution in [-0.4, -0.2) is 81.3 Å². The predicted octanol–water partition coefficient (Wildman–Crippen LogP) is 4.73. The number of carbonyl (C=O) groups is 2. The molecule has 1 saturated carbocycles. The lowest BCUT2D eigenvalue weighted by atomic mass is 10.0. The first-order valence-corrected chi connectivity index (χ1v) is 12.6. The topological polar surface area (TPSA) is 131 Å². The van der Waals surface area contributed by atoms with Gasteiger partial charge >= 0.3 is 6.16 Å². The zero-order valence-electron chi connectivity index (χ0n) is 20.1. The summed E-state index contributed by atoms with van der Waals surface area (Å²) in [5.41, 5.74) is 1.56. The summed E-state index contributed by atoms with van der Waals surface area (Å²) in [7, 11) is 4.05. The molecule has 1 aromatic heterocycles. The summed E-state index contributed by atoms with van der Waals surface area (Å²) in [5.74, 6) is 1.42. The van der Waals surface area contributed by atoms with Gasteiger partial charge in [0.2, 0.25) is 5.95 Å². The molecule has 4 rings (SSSR count). The number of benzene rings is 1. The summed E-state index contributed by atoms with van der Waals surface area (Å²) in [6.45, 7) is 2.08. The van der Waals surface area contributed by atoms with Gasteiger partial charge in [0.25, 0.3) is 5.91 Å². The molecule has 10 nitrogen and oxygen atoms in total. The molecular formula is C24H33BrN6O4. The van der Waals surface area contributed by atoms with E-state index in [4.69, 9.17) is 15.0 Å². The Bertz CT molecular complexity index is 988. The monoisotopic (exact) mass is 548 g/mol. The Labute approximate surface area is 213 Å². The Balaban J connectivity index is 0.000000795. The van der Waals surface area contributed by atoms with Crippen molar-refractivity contribution >= 4 is 45.4 Å². The molecule has 190 valence electrons. The van der Waals surface area contributed by atoms with E-state index in [0.717, 1.165) is 41.9 Å². The first-order chi connectivity index (χ1) is 16.7. The van der Waals surface area contributed by atoms with Crippen molar-refractivity contribution in [3.05, 3.63) is 40.5 Å². The first-order valence-electron chi connectivity index (χ1n) is 11.8. The summed E-state index contributed by atoms with van der Waals surface area (Å²) < 4.78 is 0.864. The molecule has 0 bridgehead atoms. The summed E-state index contributed by atoms with van der Waals surface area (Å²) >= 11 is 3.54. The minimum absolute atomic E-state index is 0.0732. The maximum atomic E-state index is 12.9. The lowest BCUT2D eigenvalue weighted by Crippen LogP contribution is -2.44. The SMILES string of the molecule is CN1CCC(N(C)C(=O)c2ccc(Nc3ncc(Br)c(NC4CCCC4)n3)cc2)CC1.O=C(O)O. The van der Waals surface area contributed by atoms with Crippen molar-refractivity contribution in [3.8, 4) is 0 Å². The van der Waals surface area contributed by atoms with E-state index in [1.54, 1.807) is 6.20 Å². The molecule has 1 aromatic carbocycles. The second-order valence-corrected chi connectivity index (χ2v) is 9.81. The van der Waals surface area contributed by atoms with E-state index in [2.05, 4.69) is 48.5 Å². The Morgan fingerprint density at radius 2 is 1.69 bits per heavy atom. The predicted molar refractivity (Wildman–Crippen MR) is 139 cm³/mol. The highest BCUT2D eigenvalue weighted by atomic mass is 79.9. The van der Waals surface area contributed by atoms with E-state index in [-0.39, 0.29) is 5.91 Å². The number of rotatable bonds is 6. The lowest BCUT2D eigenvalue weighted by molar-refractivity contribution is 0.0659. The van der Waals surface area contributed by atoms with Gasteiger partial charge in [-0.05, 0) is 86.0 Å². The Morgan fingerprint density at radius 1 is 1.09 bits per heavy atom. The van der Waals surface area contributed by atoms with Crippen LogP contribution >= 0.6 is 15.9 Å². The van der Waals surface area contributed by atoms with Gasteiger partial charge in [-0.25, -0.2) is 9.78 Å². The summed E-state index contributed by atoms with van der Waals surface area (Å²) in [4.78, 5) is 34.7. The standard InChI is InChI=1S/C23H31BrN6O.CH2O3/c1-29-13-11-19(12-14-29)30(2)22(31)16-7-9-18(10-8-16)27-23-25-15-20(24)21(28-23)26-17-5-3-4-6-17;2-1(3)4/h7-10,15,17,19H,3-6,11-14H2,1-2H3,(H2,25,26,27,28);(H2,2,3,4). The number of nitrogens with zero attached hydrogens (tertiary/aromatic N) is 4. The summed E-state index contributed by atoms with van der Waals surface area (Å²) in [6.07, 6.45) is 6.88. The molecule has 0 radical (unpaired) electrons. The fourth-order valence-electron chi connectivity index (χ4n) is 4.37. The van der Waals surface area contributed by atoms with Crippen molar-refractivity contribution in [1.82, 2.24) is 19.8 Å². The number of aromatic nitrogens is 2. The van der Waals surface area contributed by atoms with Gasteiger partial charge in [0.15, 0.2) is 0 Å². The molecule has 2 fully saturated rings. The van der Waals surface area contributed by atoms with Gasteiger partial charge < -0.3 is 30.6 Å². The van der Waals surface area contributed by atoms with E-state index in [0.29, 0.717) is 23.6 Å². The van der Waals surface area contributed by atoms with Crippen LogP contribution in [0.2, 0.25) is 0 Å². The molecular weight excluding hydrogens is 516 g/mol. The van der Waals surface area contributed by atoms with E-state index in [1.807, 2.05) is 36.2 Å². The van der Waals surface area contributed by atoms with Crippen LogP contribution in [0, 0.1) is 0 Å². The van der Waals surface area contributed by atoms with Crippen molar-refractivity contribution in [2.24, 2.45) is 0 Å². The van der Waals surface area contributed by atoms with Crippen molar-refractivity contribution < 1.29 is 19.8 Å². The number of hydrogen-bond donors (Lipinski definition) is 4. The van der Waals surface area contributed by atoms with Crippen LogP contribution in [0.5, 0.6) is 0 Å². The smallest absolute Gasteiger partial charge is 0.450 e. The lowest BCUT2D eigenvalue weighted by Gasteiger charge is -2.35. The zero-order valence-corrected chi connectivity index (χ0v) is 21.7. The van der Waals surface area contributed by atoms with Gasteiger partial charge in [0.1, 0.15) is 5.82 Å². The third-order valence-electron chi connectivity index (χ3n) is 6.38. The molecule has 35 heavy (non-hydrogen) atoms. The number of hydrogen-bond acceptors (Lipinski definition) is 7. The molecule has 11 heteroatoms. The number of likely N-dealkylation sites (tertiary alicyclic amines) is 1. The van der Waals surface area contributed by atoms with Crippen LogP contribution in [0.15, 0.2) is 34.9 Å². The molecule has 2 heterocycles. The molecule has 0 spiro atoms. The summed E-state index contributed by atoms with van der Waals surface area (Å²) in [6, 6.07) is 8.34. The van der Waals surface area contributed by atoms with Gasteiger partial charge in [-0.15, -0.1) is 0 Å². The molecule has 1 aliphatic heterocycles. The highest BCUT2D eigenvalue weighted by Gasteiger charge is 2.24. The van der Waals surface area contributed by atoms with Gasteiger partial charge in [0.05, 0.1) is 4.47 Å². The van der Waals surface area contributed by atoms with E-state index in [1.165, 1.54) is 25.7 Å². The minimum Gasteiger partial charge on any atom is -0.450 e. The number of anilines is 3. The number of amides is 1. The van der Waals surface area contributed by atoms with Gasteiger partial charge in [0, 0.05) is 36.6 Å². The van der Waals surface area contributed by atoms with E-state index in [9.17, 15) is 4.79 Å². The normalized spacial score (nSPS) is 16.8. The highest BCUT2D eigenvalue weighted by Crippen LogP contribution is 2.27. The number of nitrogens with one attached hydrogen (secondary N) is 2. The first kappa shape index (κ1) is 26.7. The molecule has 0 atom stereocenters. The number of halogens is 1. The van der Waals surface area contributed by atoms with Crippen molar-refractivity contribution in [3.63, 3.8) is 0 Å². The Hall–Kier alpha value is -2.92. The molecule has 1 aliphatic carbocycles. The number of piperidine rings is 1. The van der Waals surface area contributed by atoms with Crippen LogP contribution < -0.4 is 10.6 Å². The molecule has 2 aromatic rings. The maximum absolute atomic E-state index is 12.9. The van der Waals surface area contributed by atoms with Crippen LogP contribution in [-0.2, 0) is 0 Å². The summed E-state index contributed by atoms with van der Waals surface area (Å²) in [5, 5.41) is 20.7. The van der Waals surface area contributed by atoms with Crippen LogP contribution in [0.25, 0.3) is 0 Å². The molecule has 2 aliphatic rings. The molecule has 1 saturated heterocycles. The maximum Gasteiger partial charge on any atom is 0.503 e. The Kier molecular flexibility index (Phi) is 9.67. The van der Waals surface area contributed by atoms with Crippen LogP contribution in [0.1, 0.15) is 48.9 Å². The quantitative estimate of drug-likeness (QED) is 0.404. The van der Waals surface area contributed by atoms with E-state index >= 15 is 0 Å². The second kappa shape index (κ2) is 12.7. The van der Waals surface area contributed by atoms with Crippen molar-refractivity contribution in [1.29, 1.82) is 0 Å². The van der Waals surface area contributed by atoms with Crippen molar-refractivity contribution in [2.75, 3.05) is 37.8 Å². The van der Waals surface area contributed by atoms with Crippen LogP contribution in [0.4, 0.5) is 22.2 Å². The molecule has 0 unspecified atom stereocenters. The minimum atomic E-state index is -1.83.